The molecule has 1 heterocycles. The van der Waals surface area contributed by atoms with E-state index in [0.717, 1.165) is 23.1 Å². The topological polar surface area (TPSA) is 26.0 Å². The van der Waals surface area contributed by atoms with Crippen LogP contribution in [0.3, 0.4) is 0 Å². The molecule has 23 heavy (non-hydrogen) atoms. The van der Waals surface area contributed by atoms with Crippen molar-refractivity contribution in [1.82, 2.24) is 4.98 Å². The first-order chi connectivity index (χ1) is 11.2. The van der Waals surface area contributed by atoms with Gasteiger partial charge in [-0.2, -0.15) is 0 Å². The molecule has 1 aliphatic rings. The van der Waals surface area contributed by atoms with Crippen molar-refractivity contribution < 1.29 is 4.42 Å². The molecule has 0 spiro atoms. The second kappa shape index (κ2) is 5.54. The van der Waals surface area contributed by atoms with E-state index in [2.05, 4.69) is 72.6 Å². The van der Waals surface area contributed by atoms with Crippen molar-refractivity contribution in [2.75, 3.05) is 0 Å². The van der Waals surface area contributed by atoms with E-state index < -0.39 is 0 Å². The minimum absolute atomic E-state index is 0.326. The van der Waals surface area contributed by atoms with Crippen LogP contribution in [0, 0.1) is 13.8 Å². The van der Waals surface area contributed by atoms with Crippen LogP contribution >= 0.6 is 0 Å². The third kappa shape index (κ3) is 2.61. The van der Waals surface area contributed by atoms with Crippen LogP contribution in [-0.4, -0.2) is 4.98 Å². The van der Waals surface area contributed by atoms with Crippen molar-refractivity contribution in [3.8, 4) is 0 Å². The van der Waals surface area contributed by atoms with Gasteiger partial charge in [0.25, 0.3) is 0 Å². The Morgan fingerprint density at radius 2 is 1.70 bits per heavy atom. The van der Waals surface area contributed by atoms with Crippen LogP contribution in [0.25, 0.3) is 11.6 Å². The molecule has 2 aromatic carbocycles. The number of benzene rings is 2. The highest BCUT2D eigenvalue weighted by Gasteiger charge is 2.20. The lowest BCUT2D eigenvalue weighted by Crippen LogP contribution is -2.30. The second-order valence-electron chi connectivity index (χ2n) is 6.18. The molecule has 0 fully saturated rings. The molecule has 2 heteroatoms. The van der Waals surface area contributed by atoms with Crippen LogP contribution in [0.5, 0.6) is 0 Å². The molecule has 1 unspecified atom stereocenters. The summed E-state index contributed by atoms with van der Waals surface area (Å²) in [7, 11) is 0. The van der Waals surface area contributed by atoms with Crippen molar-refractivity contribution in [3.05, 3.63) is 87.9 Å². The quantitative estimate of drug-likeness (QED) is 0.724. The van der Waals surface area contributed by atoms with Gasteiger partial charge in [0.1, 0.15) is 5.35 Å². The summed E-state index contributed by atoms with van der Waals surface area (Å²) < 4.78 is 5.85. The van der Waals surface area contributed by atoms with Gasteiger partial charge in [0.15, 0.2) is 11.3 Å². The first-order valence-corrected chi connectivity index (χ1v) is 8.01. The molecule has 0 amide bonds. The maximum absolute atomic E-state index is 5.85. The highest BCUT2D eigenvalue weighted by atomic mass is 16.3. The highest BCUT2D eigenvalue weighted by Crippen LogP contribution is 2.30. The number of hydrogen-bond donors (Lipinski definition) is 0. The Morgan fingerprint density at radius 3 is 2.43 bits per heavy atom. The number of aryl methyl sites for hydroxylation is 2. The zero-order valence-electron chi connectivity index (χ0n) is 13.4. The number of aromatic nitrogens is 1. The summed E-state index contributed by atoms with van der Waals surface area (Å²) in [6.45, 7) is 4.03. The van der Waals surface area contributed by atoms with Crippen LogP contribution in [-0.2, 0) is 0 Å². The number of fused-ring (bicyclic) bond motifs is 1. The van der Waals surface area contributed by atoms with E-state index in [9.17, 15) is 0 Å². The molecule has 0 saturated carbocycles. The molecule has 2 nitrogen and oxygen atoms in total. The van der Waals surface area contributed by atoms with Gasteiger partial charge < -0.3 is 4.42 Å². The molecule has 0 N–H and O–H groups in total. The summed E-state index contributed by atoms with van der Waals surface area (Å²) >= 11 is 0. The van der Waals surface area contributed by atoms with Gasteiger partial charge in [0, 0.05) is 12.8 Å². The van der Waals surface area contributed by atoms with Crippen LogP contribution < -0.4 is 10.8 Å². The van der Waals surface area contributed by atoms with Crippen molar-refractivity contribution >= 4 is 11.6 Å². The van der Waals surface area contributed by atoms with Gasteiger partial charge in [-0.15, -0.1) is 0 Å². The third-order valence-electron chi connectivity index (χ3n) is 4.45. The third-order valence-corrected chi connectivity index (χ3v) is 4.45. The second-order valence-corrected chi connectivity index (χ2v) is 6.18. The molecule has 1 aromatic heterocycles. The Kier molecular flexibility index (Phi) is 3.38. The Labute approximate surface area is 135 Å². The average Bonchev–Trinajstić information content (AvgIpc) is 2.96. The van der Waals surface area contributed by atoms with Gasteiger partial charge in [0.05, 0.1) is 0 Å². The smallest absolute Gasteiger partial charge is 0.192 e. The van der Waals surface area contributed by atoms with Crippen LogP contribution in [0.15, 0.2) is 59.0 Å². The Bertz CT molecular complexity index is 949. The minimum atomic E-state index is 0.326. The molecule has 1 atom stereocenters. The van der Waals surface area contributed by atoms with Gasteiger partial charge in [-0.05, 0) is 36.1 Å². The maximum atomic E-state index is 5.85. The summed E-state index contributed by atoms with van der Waals surface area (Å²) in [4.78, 5) is 4.62. The number of hydrogen-bond acceptors (Lipinski definition) is 2. The monoisotopic (exact) mass is 301 g/mol. The molecule has 0 radical (unpaired) electrons. The minimum Gasteiger partial charge on any atom is -0.441 e. The van der Waals surface area contributed by atoms with Crippen LogP contribution in [0.1, 0.15) is 34.9 Å². The number of nitrogens with zero attached hydrogens (tertiary/aromatic N) is 1. The van der Waals surface area contributed by atoms with Crippen molar-refractivity contribution in [2.24, 2.45) is 0 Å². The summed E-state index contributed by atoms with van der Waals surface area (Å²) in [5, 5.41) is 0.999. The zero-order chi connectivity index (χ0) is 15.8. The Morgan fingerprint density at radius 1 is 0.957 bits per heavy atom. The van der Waals surface area contributed by atoms with E-state index in [4.69, 9.17) is 4.42 Å². The predicted octanol–water partition coefficient (Wildman–Crippen LogP) is 3.46. The van der Waals surface area contributed by atoms with E-state index in [1.165, 1.54) is 22.3 Å². The molecular formula is C21H19NO. The largest absolute Gasteiger partial charge is 0.441 e. The lowest BCUT2D eigenvalue weighted by atomic mass is 9.86. The van der Waals surface area contributed by atoms with E-state index >= 15 is 0 Å². The van der Waals surface area contributed by atoms with Gasteiger partial charge >= 0.3 is 0 Å². The fourth-order valence-electron chi connectivity index (χ4n) is 3.25. The van der Waals surface area contributed by atoms with Gasteiger partial charge in [-0.3, -0.25) is 0 Å². The maximum Gasteiger partial charge on any atom is 0.192 e. The molecule has 0 bridgehead atoms. The standard InChI is InChI=1S/C21H19NO/c1-14-8-10-17(11-9-14)19-12-18(16-6-4-3-5-7-16)13-20-21(19)22-15(2)23-20/h3-11,13,18H,12H2,1-2H3. The van der Waals surface area contributed by atoms with Crippen LogP contribution in [0.2, 0.25) is 0 Å². The van der Waals surface area contributed by atoms with E-state index in [1.54, 1.807) is 0 Å². The lowest BCUT2D eigenvalue weighted by molar-refractivity contribution is 0.488. The molecule has 3 aromatic rings. The zero-order valence-corrected chi connectivity index (χ0v) is 13.4. The average molecular weight is 301 g/mol. The van der Waals surface area contributed by atoms with Gasteiger partial charge in [-0.1, -0.05) is 60.2 Å². The van der Waals surface area contributed by atoms with Crippen molar-refractivity contribution in [2.45, 2.75) is 26.2 Å². The van der Waals surface area contributed by atoms with Crippen molar-refractivity contribution in [1.29, 1.82) is 0 Å². The molecule has 114 valence electrons. The Hall–Kier alpha value is -2.61. The van der Waals surface area contributed by atoms with Gasteiger partial charge in [-0.25, -0.2) is 4.98 Å². The summed E-state index contributed by atoms with van der Waals surface area (Å²) in [5.74, 6) is 1.05. The van der Waals surface area contributed by atoms with E-state index in [1.807, 2.05) is 6.92 Å². The SMILES string of the molecule is Cc1ccc(C2=c3nc(C)oc3=CC(c3ccccc3)C2)cc1. The normalized spacial score (nSPS) is 16.8. The summed E-state index contributed by atoms with van der Waals surface area (Å²) in [5.41, 5.74) is 6.00. The molecular weight excluding hydrogens is 282 g/mol. The predicted molar refractivity (Wildman–Crippen MR) is 92.4 cm³/mol. The first-order valence-electron chi connectivity index (χ1n) is 8.01. The fourth-order valence-corrected chi connectivity index (χ4v) is 3.25. The molecule has 4 rings (SSSR count). The molecule has 0 aliphatic heterocycles. The highest BCUT2D eigenvalue weighted by molar-refractivity contribution is 5.69. The first kappa shape index (κ1) is 14.0. The van der Waals surface area contributed by atoms with Crippen LogP contribution in [0.4, 0.5) is 0 Å². The number of rotatable bonds is 2. The van der Waals surface area contributed by atoms with Gasteiger partial charge in [0.2, 0.25) is 0 Å². The summed E-state index contributed by atoms with van der Waals surface area (Å²) in [6.07, 6.45) is 3.16. The molecule has 1 aliphatic carbocycles. The fraction of sp³-hybridized carbons (Fsp3) is 0.190. The van der Waals surface area contributed by atoms with E-state index in [0.29, 0.717) is 5.92 Å². The summed E-state index contributed by atoms with van der Waals surface area (Å²) in [6, 6.07) is 19.3. The Balaban J connectivity index is 1.90. The number of oxazole rings is 1. The lowest BCUT2D eigenvalue weighted by Gasteiger charge is -2.18. The van der Waals surface area contributed by atoms with Crippen molar-refractivity contribution in [3.63, 3.8) is 0 Å². The molecule has 0 saturated heterocycles. The van der Waals surface area contributed by atoms with E-state index in [-0.39, 0.29) is 0 Å².